The van der Waals surface area contributed by atoms with Crippen molar-refractivity contribution in [2.45, 2.75) is 12.5 Å². The maximum atomic E-state index is 9.98. The first kappa shape index (κ1) is 11.3. The van der Waals surface area contributed by atoms with Crippen molar-refractivity contribution in [2.24, 2.45) is 0 Å². The average molecular weight is 278 g/mol. The van der Waals surface area contributed by atoms with Crippen molar-refractivity contribution in [3.8, 4) is 0 Å². The van der Waals surface area contributed by atoms with Crippen LogP contribution in [0, 0.1) is 0 Å². The van der Waals surface area contributed by atoms with Gasteiger partial charge in [0, 0.05) is 21.6 Å². The zero-order chi connectivity index (χ0) is 11.5. The minimum atomic E-state index is -0.539. The highest BCUT2D eigenvalue weighted by atomic mass is 79.9. The van der Waals surface area contributed by atoms with Gasteiger partial charge >= 0.3 is 0 Å². The van der Waals surface area contributed by atoms with E-state index in [1.54, 1.807) is 12.3 Å². The maximum Gasteiger partial charge on any atom is 0.0845 e. The summed E-state index contributed by atoms with van der Waals surface area (Å²) in [5.74, 6) is 0. The molecule has 2 aromatic rings. The van der Waals surface area contributed by atoms with Crippen LogP contribution in [0.3, 0.4) is 0 Å². The lowest BCUT2D eigenvalue weighted by atomic mass is 10.0. The SMILES string of the molecule is C=CCC(O)c1ccc(Br)c2cccnc12. The molecule has 1 aromatic carbocycles. The van der Waals surface area contributed by atoms with Gasteiger partial charge in [0.15, 0.2) is 0 Å². The van der Waals surface area contributed by atoms with Crippen molar-refractivity contribution in [1.29, 1.82) is 0 Å². The summed E-state index contributed by atoms with van der Waals surface area (Å²) in [6, 6.07) is 7.70. The monoisotopic (exact) mass is 277 g/mol. The Hall–Kier alpha value is -1.19. The predicted molar refractivity (Wildman–Crippen MR) is 69.2 cm³/mol. The van der Waals surface area contributed by atoms with Gasteiger partial charge in [0.2, 0.25) is 0 Å². The van der Waals surface area contributed by atoms with Gasteiger partial charge in [-0.1, -0.05) is 34.1 Å². The first-order valence-corrected chi connectivity index (χ1v) is 5.85. The van der Waals surface area contributed by atoms with Gasteiger partial charge in [0.1, 0.15) is 0 Å². The third-order valence-electron chi connectivity index (χ3n) is 2.50. The molecule has 1 unspecified atom stereocenters. The Balaban J connectivity index is 2.62. The number of rotatable bonds is 3. The molecule has 16 heavy (non-hydrogen) atoms. The molecule has 2 rings (SSSR count). The van der Waals surface area contributed by atoms with E-state index in [1.807, 2.05) is 24.3 Å². The van der Waals surface area contributed by atoms with Gasteiger partial charge in [-0.15, -0.1) is 6.58 Å². The summed E-state index contributed by atoms with van der Waals surface area (Å²) < 4.78 is 0.991. The highest BCUT2D eigenvalue weighted by Crippen LogP contribution is 2.29. The number of hydrogen-bond acceptors (Lipinski definition) is 2. The molecule has 0 fully saturated rings. The highest BCUT2D eigenvalue weighted by molar-refractivity contribution is 9.10. The topological polar surface area (TPSA) is 33.1 Å². The molecule has 0 aliphatic heterocycles. The van der Waals surface area contributed by atoms with Gasteiger partial charge < -0.3 is 5.11 Å². The molecule has 1 heterocycles. The number of halogens is 1. The van der Waals surface area contributed by atoms with Crippen molar-refractivity contribution < 1.29 is 5.11 Å². The van der Waals surface area contributed by atoms with Crippen LogP contribution < -0.4 is 0 Å². The van der Waals surface area contributed by atoms with E-state index >= 15 is 0 Å². The summed E-state index contributed by atoms with van der Waals surface area (Å²) >= 11 is 3.48. The standard InChI is InChI=1S/C13H12BrNO/c1-2-4-12(16)10-6-7-11(14)9-5-3-8-15-13(9)10/h2-3,5-8,12,16H,1,4H2. The molecule has 1 N–H and O–H groups in total. The second kappa shape index (κ2) is 4.76. The number of nitrogens with zero attached hydrogens (tertiary/aromatic N) is 1. The van der Waals surface area contributed by atoms with Gasteiger partial charge in [0.05, 0.1) is 11.6 Å². The number of aliphatic hydroxyl groups is 1. The van der Waals surface area contributed by atoms with Crippen LogP contribution in [-0.4, -0.2) is 10.1 Å². The van der Waals surface area contributed by atoms with E-state index in [9.17, 15) is 5.11 Å². The normalized spacial score (nSPS) is 12.6. The van der Waals surface area contributed by atoms with Gasteiger partial charge in [-0.2, -0.15) is 0 Å². The number of pyridine rings is 1. The summed E-state index contributed by atoms with van der Waals surface area (Å²) in [4.78, 5) is 4.32. The minimum Gasteiger partial charge on any atom is -0.388 e. The molecule has 0 aliphatic rings. The lowest BCUT2D eigenvalue weighted by Gasteiger charge is -2.11. The van der Waals surface area contributed by atoms with E-state index in [2.05, 4.69) is 27.5 Å². The Labute approximate surface area is 103 Å². The van der Waals surface area contributed by atoms with Crippen LogP contribution in [0.4, 0.5) is 0 Å². The molecule has 0 spiro atoms. The second-order valence-electron chi connectivity index (χ2n) is 3.58. The summed E-state index contributed by atoms with van der Waals surface area (Å²) in [6.45, 7) is 3.63. The predicted octanol–water partition coefficient (Wildman–Crippen LogP) is 3.61. The lowest BCUT2D eigenvalue weighted by Crippen LogP contribution is -1.98. The van der Waals surface area contributed by atoms with E-state index in [4.69, 9.17) is 0 Å². The van der Waals surface area contributed by atoms with Gasteiger partial charge in [-0.25, -0.2) is 0 Å². The van der Waals surface area contributed by atoms with Crippen molar-refractivity contribution in [3.05, 3.63) is 53.2 Å². The summed E-state index contributed by atoms with van der Waals surface area (Å²) in [5, 5.41) is 11.0. The quantitative estimate of drug-likeness (QED) is 0.870. The molecule has 3 heteroatoms. The van der Waals surface area contributed by atoms with Crippen molar-refractivity contribution in [2.75, 3.05) is 0 Å². The Kier molecular flexibility index (Phi) is 3.36. The molecule has 0 amide bonds. The molecular weight excluding hydrogens is 266 g/mol. The van der Waals surface area contributed by atoms with Crippen LogP contribution >= 0.6 is 15.9 Å². The van der Waals surface area contributed by atoms with Crippen LogP contribution in [0.2, 0.25) is 0 Å². The first-order valence-electron chi connectivity index (χ1n) is 5.06. The number of aromatic nitrogens is 1. The third kappa shape index (κ3) is 2.01. The summed E-state index contributed by atoms with van der Waals surface area (Å²) in [5.41, 5.74) is 1.69. The van der Waals surface area contributed by atoms with Crippen LogP contribution in [0.15, 0.2) is 47.6 Å². The number of fused-ring (bicyclic) bond motifs is 1. The molecular formula is C13H12BrNO. The van der Waals surface area contributed by atoms with Gasteiger partial charge in [0.25, 0.3) is 0 Å². The zero-order valence-electron chi connectivity index (χ0n) is 8.73. The Bertz CT molecular complexity index is 524. The van der Waals surface area contributed by atoms with Crippen LogP contribution in [0.25, 0.3) is 10.9 Å². The first-order chi connectivity index (χ1) is 7.74. The van der Waals surface area contributed by atoms with Crippen LogP contribution in [0.1, 0.15) is 18.1 Å². The van der Waals surface area contributed by atoms with Crippen molar-refractivity contribution >= 4 is 26.8 Å². The molecule has 0 saturated heterocycles. The van der Waals surface area contributed by atoms with E-state index in [0.29, 0.717) is 6.42 Å². The van der Waals surface area contributed by atoms with Gasteiger partial charge in [-0.3, -0.25) is 4.98 Å². The Morgan fingerprint density at radius 2 is 2.25 bits per heavy atom. The Morgan fingerprint density at radius 3 is 3.00 bits per heavy atom. The molecule has 82 valence electrons. The average Bonchev–Trinajstić information content (AvgIpc) is 2.30. The van der Waals surface area contributed by atoms with E-state index in [0.717, 1.165) is 20.9 Å². The highest BCUT2D eigenvalue weighted by Gasteiger charge is 2.11. The van der Waals surface area contributed by atoms with Crippen molar-refractivity contribution in [1.82, 2.24) is 4.98 Å². The van der Waals surface area contributed by atoms with E-state index in [-0.39, 0.29) is 0 Å². The maximum absolute atomic E-state index is 9.98. The summed E-state index contributed by atoms with van der Waals surface area (Å²) in [6.07, 6.45) is 3.44. The molecule has 0 radical (unpaired) electrons. The summed E-state index contributed by atoms with van der Waals surface area (Å²) in [7, 11) is 0. The number of aliphatic hydroxyl groups excluding tert-OH is 1. The number of hydrogen-bond donors (Lipinski definition) is 1. The molecule has 1 aromatic heterocycles. The van der Waals surface area contributed by atoms with Crippen LogP contribution in [-0.2, 0) is 0 Å². The lowest BCUT2D eigenvalue weighted by molar-refractivity contribution is 0.183. The largest absolute Gasteiger partial charge is 0.388 e. The molecule has 0 saturated carbocycles. The molecule has 2 nitrogen and oxygen atoms in total. The third-order valence-corrected chi connectivity index (χ3v) is 3.19. The Morgan fingerprint density at radius 1 is 1.44 bits per heavy atom. The molecule has 0 bridgehead atoms. The fourth-order valence-corrected chi connectivity index (χ4v) is 2.17. The van der Waals surface area contributed by atoms with E-state index < -0.39 is 6.10 Å². The van der Waals surface area contributed by atoms with Gasteiger partial charge in [-0.05, 0) is 18.6 Å². The van der Waals surface area contributed by atoms with E-state index in [1.165, 1.54) is 0 Å². The zero-order valence-corrected chi connectivity index (χ0v) is 10.3. The smallest absolute Gasteiger partial charge is 0.0845 e. The molecule has 1 atom stereocenters. The fourth-order valence-electron chi connectivity index (χ4n) is 1.71. The minimum absolute atomic E-state index is 0.535. The second-order valence-corrected chi connectivity index (χ2v) is 4.43. The van der Waals surface area contributed by atoms with Crippen molar-refractivity contribution in [3.63, 3.8) is 0 Å². The fraction of sp³-hybridized carbons (Fsp3) is 0.154. The number of benzene rings is 1. The van der Waals surface area contributed by atoms with Crippen LogP contribution in [0.5, 0.6) is 0 Å². The molecule has 0 aliphatic carbocycles.